The van der Waals surface area contributed by atoms with Crippen LogP contribution in [0.3, 0.4) is 0 Å². The summed E-state index contributed by atoms with van der Waals surface area (Å²) in [5, 5.41) is 11.9. The smallest absolute Gasteiger partial charge is 0.237 e. The van der Waals surface area contributed by atoms with Gasteiger partial charge in [0.2, 0.25) is 5.91 Å². The minimum Gasteiger partial charge on any atom is -0.393 e. The van der Waals surface area contributed by atoms with E-state index in [1.54, 1.807) is 0 Å². The Labute approximate surface area is 109 Å². The molecule has 0 aliphatic carbocycles. The van der Waals surface area contributed by atoms with Crippen molar-refractivity contribution in [2.24, 2.45) is 17.6 Å². The molecule has 0 aromatic carbocycles. The van der Waals surface area contributed by atoms with Gasteiger partial charge in [-0.05, 0) is 24.7 Å². The number of rotatable bonds is 8. The van der Waals surface area contributed by atoms with E-state index in [0.717, 1.165) is 0 Å². The normalized spacial score (nSPS) is 16.4. The van der Waals surface area contributed by atoms with Gasteiger partial charge in [-0.2, -0.15) is 0 Å². The van der Waals surface area contributed by atoms with Crippen molar-refractivity contribution in [3.8, 4) is 0 Å². The Morgan fingerprint density at radius 1 is 1.33 bits per heavy atom. The summed E-state index contributed by atoms with van der Waals surface area (Å²) in [5.74, 6) is 0.102. The summed E-state index contributed by atoms with van der Waals surface area (Å²) in [6, 6.07) is -0.650. The molecule has 0 spiro atoms. The molecule has 0 aromatic rings. The lowest BCUT2D eigenvalue weighted by molar-refractivity contribution is -0.129. The molecule has 0 heterocycles. The molecule has 0 bridgehead atoms. The van der Waals surface area contributed by atoms with E-state index < -0.39 is 18.2 Å². The predicted molar refractivity (Wildman–Crippen MR) is 70.9 cm³/mol. The predicted octanol–water partition coefficient (Wildman–Crippen LogP) is 0.452. The number of nitrogens with two attached hydrogens (primary N) is 1. The zero-order chi connectivity index (χ0) is 14.3. The molecule has 0 saturated heterocycles. The molecule has 0 aliphatic rings. The van der Waals surface area contributed by atoms with Crippen LogP contribution in [0.2, 0.25) is 0 Å². The van der Waals surface area contributed by atoms with Crippen molar-refractivity contribution in [2.45, 2.75) is 52.1 Å². The Balaban J connectivity index is 4.67. The van der Waals surface area contributed by atoms with E-state index >= 15 is 0 Å². The van der Waals surface area contributed by atoms with E-state index in [2.05, 4.69) is 5.32 Å². The van der Waals surface area contributed by atoms with Gasteiger partial charge in [-0.15, -0.1) is 0 Å². The van der Waals surface area contributed by atoms with Crippen molar-refractivity contribution in [1.29, 1.82) is 0 Å². The number of nitrogens with one attached hydrogen (secondary N) is 1. The van der Waals surface area contributed by atoms with Gasteiger partial charge >= 0.3 is 0 Å². The largest absolute Gasteiger partial charge is 0.393 e. The Kier molecular flexibility index (Phi) is 7.09. The standard InChI is InChI=1S/C13H26N2O3/c1-9(2)5-11(14)12(18)15-13(7-16,8-17)6-10(3)4/h7,9-11,17H,5-6,8,14H2,1-4H3,(H,15,18)/t11-,13-/m0/s1. The number of carbonyl (C=O) groups excluding carboxylic acids is 2. The van der Waals surface area contributed by atoms with E-state index in [1.165, 1.54) is 0 Å². The highest BCUT2D eigenvalue weighted by atomic mass is 16.3. The van der Waals surface area contributed by atoms with Gasteiger partial charge in [0.05, 0.1) is 12.6 Å². The highest BCUT2D eigenvalue weighted by Gasteiger charge is 2.33. The Hall–Kier alpha value is -0.940. The van der Waals surface area contributed by atoms with Crippen molar-refractivity contribution >= 4 is 12.2 Å². The fourth-order valence-electron chi connectivity index (χ4n) is 1.95. The maximum absolute atomic E-state index is 11.9. The molecule has 4 N–H and O–H groups in total. The first-order chi connectivity index (χ1) is 8.26. The lowest BCUT2D eigenvalue weighted by Crippen LogP contribution is -2.57. The molecule has 0 aromatic heterocycles. The van der Waals surface area contributed by atoms with Crippen LogP contribution in [0, 0.1) is 11.8 Å². The summed E-state index contributed by atoms with van der Waals surface area (Å²) >= 11 is 0. The van der Waals surface area contributed by atoms with Crippen LogP contribution in [0.4, 0.5) is 0 Å². The second-order valence-electron chi connectivity index (χ2n) is 5.76. The topological polar surface area (TPSA) is 92.4 Å². The van der Waals surface area contributed by atoms with Crippen molar-refractivity contribution in [1.82, 2.24) is 5.32 Å². The third kappa shape index (κ3) is 5.60. The van der Waals surface area contributed by atoms with Gasteiger partial charge < -0.3 is 21.0 Å². The number of aliphatic hydroxyl groups excluding tert-OH is 1. The van der Waals surface area contributed by atoms with E-state index in [0.29, 0.717) is 25.0 Å². The monoisotopic (exact) mass is 258 g/mol. The van der Waals surface area contributed by atoms with Crippen LogP contribution < -0.4 is 11.1 Å². The van der Waals surface area contributed by atoms with Crippen molar-refractivity contribution < 1.29 is 14.7 Å². The average molecular weight is 258 g/mol. The molecule has 0 saturated carbocycles. The van der Waals surface area contributed by atoms with Crippen LogP contribution in [0.25, 0.3) is 0 Å². The zero-order valence-corrected chi connectivity index (χ0v) is 11.8. The molecule has 0 fully saturated rings. The molecule has 0 aliphatic heterocycles. The van der Waals surface area contributed by atoms with E-state index in [-0.39, 0.29) is 11.8 Å². The third-order valence-corrected chi connectivity index (χ3v) is 2.71. The van der Waals surface area contributed by atoms with Crippen LogP contribution in [0.1, 0.15) is 40.5 Å². The summed E-state index contributed by atoms with van der Waals surface area (Å²) in [5.41, 5.74) is 4.55. The lowest BCUT2D eigenvalue weighted by Gasteiger charge is -2.30. The molecular formula is C13H26N2O3. The molecule has 5 nitrogen and oxygen atoms in total. The molecular weight excluding hydrogens is 232 g/mol. The van der Waals surface area contributed by atoms with Crippen molar-refractivity contribution in [2.75, 3.05) is 6.61 Å². The molecule has 1 amide bonds. The molecule has 2 atom stereocenters. The van der Waals surface area contributed by atoms with E-state index in [4.69, 9.17) is 5.73 Å². The summed E-state index contributed by atoms with van der Waals surface area (Å²) < 4.78 is 0. The van der Waals surface area contributed by atoms with Crippen LogP contribution >= 0.6 is 0 Å². The van der Waals surface area contributed by atoms with Gasteiger partial charge in [-0.25, -0.2) is 0 Å². The summed E-state index contributed by atoms with van der Waals surface area (Å²) in [6.07, 6.45) is 1.55. The number of amides is 1. The molecule has 0 radical (unpaired) electrons. The highest BCUT2D eigenvalue weighted by Crippen LogP contribution is 2.15. The molecule has 106 valence electrons. The van der Waals surface area contributed by atoms with Crippen LogP contribution in [0.15, 0.2) is 0 Å². The van der Waals surface area contributed by atoms with Crippen LogP contribution in [0.5, 0.6) is 0 Å². The maximum atomic E-state index is 11.9. The van der Waals surface area contributed by atoms with E-state index in [1.807, 2.05) is 27.7 Å². The number of aldehydes is 1. The highest BCUT2D eigenvalue weighted by molar-refractivity contribution is 5.85. The van der Waals surface area contributed by atoms with Gasteiger partial charge in [0.1, 0.15) is 11.8 Å². The Bertz CT molecular complexity index is 279. The Morgan fingerprint density at radius 3 is 2.22 bits per heavy atom. The Morgan fingerprint density at radius 2 is 1.89 bits per heavy atom. The molecule has 5 heteroatoms. The number of hydrogen-bond donors (Lipinski definition) is 3. The number of hydrogen-bond acceptors (Lipinski definition) is 4. The van der Waals surface area contributed by atoms with Gasteiger partial charge in [0.15, 0.2) is 0 Å². The van der Waals surface area contributed by atoms with Crippen LogP contribution in [-0.2, 0) is 9.59 Å². The quantitative estimate of drug-likeness (QED) is 0.551. The van der Waals surface area contributed by atoms with E-state index in [9.17, 15) is 14.7 Å². The molecule has 18 heavy (non-hydrogen) atoms. The van der Waals surface area contributed by atoms with Crippen molar-refractivity contribution in [3.05, 3.63) is 0 Å². The van der Waals surface area contributed by atoms with Gasteiger partial charge in [0.25, 0.3) is 0 Å². The first-order valence-electron chi connectivity index (χ1n) is 6.41. The van der Waals surface area contributed by atoms with Crippen LogP contribution in [-0.4, -0.2) is 35.5 Å². The third-order valence-electron chi connectivity index (χ3n) is 2.71. The van der Waals surface area contributed by atoms with Crippen molar-refractivity contribution in [3.63, 3.8) is 0 Å². The molecule has 0 rings (SSSR count). The lowest BCUT2D eigenvalue weighted by atomic mass is 9.90. The minimum absolute atomic E-state index is 0.184. The first kappa shape index (κ1) is 17.1. The average Bonchev–Trinajstić information content (AvgIpc) is 2.26. The second kappa shape index (κ2) is 7.48. The summed E-state index contributed by atoms with van der Waals surface area (Å²) in [7, 11) is 0. The van der Waals surface area contributed by atoms with Gasteiger partial charge in [-0.3, -0.25) is 4.79 Å². The minimum atomic E-state index is -1.21. The SMILES string of the molecule is CC(C)C[C@H](N)C(=O)N[C@@](C=O)(CO)CC(C)C. The van der Waals surface area contributed by atoms with Gasteiger partial charge in [-0.1, -0.05) is 27.7 Å². The number of aliphatic hydroxyl groups is 1. The zero-order valence-electron chi connectivity index (χ0n) is 11.8. The maximum Gasteiger partial charge on any atom is 0.237 e. The molecule has 0 unspecified atom stereocenters. The number of carbonyl (C=O) groups is 2. The first-order valence-corrected chi connectivity index (χ1v) is 6.41. The second-order valence-corrected chi connectivity index (χ2v) is 5.76. The fraction of sp³-hybridized carbons (Fsp3) is 0.846. The summed E-state index contributed by atoms with van der Waals surface area (Å²) in [6.45, 7) is 7.39. The van der Waals surface area contributed by atoms with Gasteiger partial charge in [0, 0.05) is 0 Å². The fourth-order valence-corrected chi connectivity index (χ4v) is 1.95. The summed E-state index contributed by atoms with van der Waals surface area (Å²) in [4.78, 5) is 23.0.